The van der Waals surface area contributed by atoms with Crippen molar-refractivity contribution in [1.29, 1.82) is 0 Å². The van der Waals surface area contributed by atoms with Crippen LogP contribution in [0.2, 0.25) is 5.02 Å². The zero-order valence-electron chi connectivity index (χ0n) is 30.1. The second-order valence-electron chi connectivity index (χ2n) is 13.1. The number of amides is 4. The Morgan fingerprint density at radius 1 is 1.02 bits per heavy atom. The van der Waals surface area contributed by atoms with Crippen molar-refractivity contribution in [2.75, 3.05) is 37.4 Å². The first-order chi connectivity index (χ1) is 26.6. The summed E-state index contributed by atoms with van der Waals surface area (Å²) < 4.78 is 7.00. The average Bonchev–Trinajstić information content (AvgIpc) is 3.79. The van der Waals surface area contributed by atoms with Crippen LogP contribution in [0, 0.1) is 11.8 Å². The number of unbranched alkanes of at least 4 members (excludes halogenated alkanes) is 1. The number of carbonyl (C=O) groups excluding carboxylic acids is 3. The van der Waals surface area contributed by atoms with Gasteiger partial charge in [0.05, 0.1) is 24.2 Å². The molecule has 0 aliphatic carbocycles. The fourth-order valence-electron chi connectivity index (χ4n) is 6.42. The van der Waals surface area contributed by atoms with Gasteiger partial charge in [0.25, 0.3) is 5.91 Å². The Balaban J connectivity index is 1.20. The van der Waals surface area contributed by atoms with Gasteiger partial charge in [0.2, 0.25) is 5.91 Å². The Morgan fingerprint density at radius 3 is 2.49 bits per heavy atom. The number of thioether (sulfide) groups is 1. The van der Waals surface area contributed by atoms with E-state index >= 15 is 0 Å². The Labute approximate surface area is 328 Å². The molecule has 3 atom stereocenters. The Morgan fingerprint density at radius 2 is 1.76 bits per heavy atom. The summed E-state index contributed by atoms with van der Waals surface area (Å²) in [4.78, 5) is 56.3. The largest absolute Gasteiger partial charge is 0.507 e. The van der Waals surface area contributed by atoms with Gasteiger partial charge in [-0.25, -0.2) is 4.79 Å². The number of phenols is 1. The van der Waals surface area contributed by atoms with E-state index in [1.807, 2.05) is 6.07 Å². The third-order valence-corrected chi connectivity index (χ3v) is 10.8. The van der Waals surface area contributed by atoms with Crippen molar-refractivity contribution in [2.24, 2.45) is 7.05 Å². The minimum atomic E-state index is -1.06. The van der Waals surface area contributed by atoms with Crippen LogP contribution in [-0.2, 0) is 26.2 Å². The highest BCUT2D eigenvalue weighted by Crippen LogP contribution is 2.36. The van der Waals surface area contributed by atoms with E-state index in [0.717, 1.165) is 0 Å². The van der Waals surface area contributed by atoms with Crippen molar-refractivity contribution in [3.63, 3.8) is 0 Å². The van der Waals surface area contributed by atoms with Crippen LogP contribution < -0.4 is 10.6 Å². The number of aryl methyl sites for hydroxylation is 1. The number of rotatable bonds is 11. The second-order valence-corrected chi connectivity index (χ2v) is 14.8. The average molecular weight is 785 g/mol. The quantitative estimate of drug-likeness (QED) is 0.114. The predicted octanol–water partition coefficient (Wildman–Crippen LogP) is 5.48. The van der Waals surface area contributed by atoms with Crippen molar-refractivity contribution in [2.45, 2.75) is 43.1 Å². The lowest BCUT2D eigenvalue weighted by atomic mass is 10.0. The number of carboxylic acid groups (broad SMARTS) is 1. The number of urea groups is 1. The molecule has 2 saturated heterocycles. The molecule has 0 saturated carbocycles. The maximum absolute atomic E-state index is 14.6. The van der Waals surface area contributed by atoms with Crippen molar-refractivity contribution < 1.29 is 34.1 Å². The lowest BCUT2D eigenvalue weighted by Gasteiger charge is -2.34. The lowest BCUT2D eigenvalue weighted by molar-refractivity contribution is -0.140. The van der Waals surface area contributed by atoms with Crippen LogP contribution in [-0.4, -0.2) is 97.1 Å². The van der Waals surface area contributed by atoms with E-state index in [-0.39, 0.29) is 18.1 Å². The summed E-state index contributed by atoms with van der Waals surface area (Å²) in [6.45, 7) is 1.58. The molecule has 0 bridgehead atoms. The maximum atomic E-state index is 14.6. The Hall–Kier alpha value is -5.49. The van der Waals surface area contributed by atoms with E-state index in [1.54, 1.807) is 88.4 Å². The number of morpholine rings is 1. The summed E-state index contributed by atoms with van der Waals surface area (Å²) in [5, 5.41) is 30.0. The molecule has 1 unspecified atom stereocenters. The van der Waals surface area contributed by atoms with Crippen LogP contribution in [0.1, 0.15) is 48.4 Å². The number of ether oxygens (including phenoxy) is 1. The number of hydrogen-bond donors (Lipinski definition) is 4. The van der Waals surface area contributed by atoms with E-state index in [0.29, 0.717) is 90.0 Å². The van der Waals surface area contributed by atoms with Crippen LogP contribution in [0.3, 0.4) is 0 Å². The van der Waals surface area contributed by atoms with E-state index < -0.39 is 35.4 Å². The summed E-state index contributed by atoms with van der Waals surface area (Å²) in [5.41, 5.74) is 3.29. The standard InChI is InChI=1S/C40H41ClN6O7S/c1-45-24-28(36(44-45)31-23-29(41)15-18-33(31)48)14-11-26-12-16-30(17-13-26)42-38(51)32-25-55-34(9-5-6-10-35(49)50)47(32)39(52)37(27-7-3-2-4-8-27)43-40(53)46-19-21-54-22-20-46/h2-4,7-8,12-13,15-18,23-24,32,34,37,48H,5-6,9-10,19-22,25H2,1H3,(H,42,51)(H,43,53)(H,49,50)/t32-,34?,37+/m0/s1. The molecule has 4 amide bonds. The predicted molar refractivity (Wildman–Crippen MR) is 209 cm³/mol. The van der Waals surface area contributed by atoms with Gasteiger partial charge >= 0.3 is 12.0 Å². The van der Waals surface area contributed by atoms with Crippen LogP contribution in [0.15, 0.2) is 79.0 Å². The molecule has 2 aliphatic rings. The Kier molecular flexibility index (Phi) is 13.0. The monoisotopic (exact) mass is 784 g/mol. The molecule has 4 N–H and O–H groups in total. The van der Waals surface area contributed by atoms with Crippen molar-refractivity contribution in [3.8, 4) is 28.8 Å². The lowest BCUT2D eigenvalue weighted by Crippen LogP contribution is -2.54. The normalized spacial score (nSPS) is 17.2. The molecule has 3 aromatic carbocycles. The number of carbonyl (C=O) groups is 4. The summed E-state index contributed by atoms with van der Waals surface area (Å²) in [6, 6.07) is 18.3. The van der Waals surface area contributed by atoms with Crippen molar-refractivity contribution >= 4 is 52.9 Å². The topological polar surface area (TPSA) is 166 Å². The first kappa shape index (κ1) is 39.2. The van der Waals surface area contributed by atoms with Crippen LogP contribution >= 0.6 is 23.4 Å². The van der Waals surface area contributed by atoms with Gasteiger partial charge in [0, 0.05) is 60.3 Å². The summed E-state index contributed by atoms with van der Waals surface area (Å²) in [5.74, 6) is 4.87. The number of nitrogens with zero attached hydrogens (tertiary/aromatic N) is 4. The number of halogens is 1. The number of hydrogen-bond acceptors (Lipinski definition) is 8. The molecule has 2 aliphatic heterocycles. The minimum Gasteiger partial charge on any atom is -0.507 e. The van der Waals surface area contributed by atoms with Gasteiger partial charge in [-0.2, -0.15) is 5.10 Å². The SMILES string of the molecule is Cn1cc(C#Cc2ccc(NC(=O)[C@@H]3CSC(CCCCC(=O)O)N3C(=O)[C@H](NC(=O)N3CCOCC3)c3ccccc3)cc2)c(-c2cc(Cl)ccc2O)n1. The first-order valence-electron chi connectivity index (χ1n) is 17.9. The van der Waals surface area contributed by atoms with Crippen LogP contribution in [0.25, 0.3) is 11.3 Å². The zero-order valence-corrected chi connectivity index (χ0v) is 31.7. The van der Waals surface area contributed by atoms with E-state index in [9.17, 15) is 24.3 Å². The van der Waals surface area contributed by atoms with E-state index in [2.05, 4.69) is 27.6 Å². The molecule has 0 spiro atoms. The number of aromatic nitrogens is 2. The van der Waals surface area contributed by atoms with Gasteiger partial charge in [-0.3, -0.25) is 19.1 Å². The fraction of sp³-hybridized carbons (Fsp3) is 0.325. The Bertz CT molecular complexity index is 2080. The molecule has 4 aromatic rings. The third-order valence-electron chi connectivity index (χ3n) is 9.22. The number of aliphatic carboxylic acids is 1. The summed E-state index contributed by atoms with van der Waals surface area (Å²) in [6.07, 6.45) is 3.21. The number of aromatic hydroxyl groups is 1. The van der Waals surface area contributed by atoms with Crippen molar-refractivity contribution in [1.82, 2.24) is 24.9 Å². The second kappa shape index (κ2) is 18.2. The number of nitrogens with one attached hydrogen (secondary N) is 2. The van der Waals surface area contributed by atoms with Gasteiger partial charge in [0.1, 0.15) is 23.5 Å². The number of benzene rings is 3. The van der Waals surface area contributed by atoms with E-state index in [1.165, 1.54) is 17.8 Å². The third kappa shape index (κ3) is 9.99. The zero-order chi connectivity index (χ0) is 38.9. The van der Waals surface area contributed by atoms with Crippen molar-refractivity contribution in [3.05, 3.63) is 101 Å². The molecule has 15 heteroatoms. The molecule has 6 rings (SSSR count). The fourth-order valence-corrected chi connectivity index (χ4v) is 8.05. The molecule has 0 radical (unpaired) electrons. The smallest absolute Gasteiger partial charge is 0.318 e. The highest BCUT2D eigenvalue weighted by molar-refractivity contribution is 8.00. The maximum Gasteiger partial charge on any atom is 0.318 e. The van der Waals surface area contributed by atoms with Gasteiger partial charge in [-0.05, 0) is 67.3 Å². The van der Waals surface area contributed by atoms with Gasteiger partial charge in [-0.15, -0.1) is 11.8 Å². The highest BCUT2D eigenvalue weighted by atomic mass is 35.5. The minimum absolute atomic E-state index is 0.00670. The molecular weight excluding hydrogens is 744 g/mol. The number of anilines is 1. The summed E-state index contributed by atoms with van der Waals surface area (Å²) in [7, 11) is 1.76. The molecule has 1 aromatic heterocycles. The van der Waals surface area contributed by atoms with Gasteiger partial charge in [0.15, 0.2) is 0 Å². The molecule has 2 fully saturated rings. The van der Waals surface area contributed by atoms with Crippen LogP contribution in [0.4, 0.5) is 10.5 Å². The summed E-state index contributed by atoms with van der Waals surface area (Å²) >= 11 is 7.63. The highest BCUT2D eigenvalue weighted by Gasteiger charge is 2.44. The first-order valence-corrected chi connectivity index (χ1v) is 19.3. The molecule has 3 heterocycles. The van der Waals surface area contributed by atoms with Gasteiger partial charge < -0.3 is 35.4 Å². The molecule has 55 heavy (non-hydrogen) atoms. The van der Waals surface area contributed by atoms with E-state index in [4.69, 9.17) is 21.4 Å². The molecule has 286 valence electrons. The molecular formula is C40H41ClN6O7S. The van der Waals surface area contributed by atoms with Gasteiger partial charge in [-0.1, -0.05) is 53.8 Å². The molecule has 13 nitrogen and oxygen atoms in total. The van der Waals surface area contributed by atoms with Crippen LogP contribution in [0.5, 0.6) is 5.75 Å². The number of phenolic OH excluding ortho intramolecular Hbond substituents is 1. The number of carboxylic acids is 1.